The predicted octanol–water partition coefficient (Wildman–Crippen LogP) is 2.41. The first-order chi connectivity index (χ1) is 35.8. The van der Waals surface area contributed by atoms with Crippen molar-refractivity contribution in [1.29, 1.82) is 0 Å². The number of nitrogens with zero attached hydrogens (tertiary/aromatic N) is 1. The monoisotopic (exact) mass is 1060 g/mol. The van der Waals surface area contributed by atoms with Crippen LogP contribution in [-0.4, -0.2) is 137 Å². The Labute approximate surface area is 442 Å². The van der Waals surface area contributed by atoms with Crippen LogP contribution in [-0.2, 0) is 59.1 Å². The van der Waals surface area contributed by atoms with Crippen molar-refractivity contribution in [2.24, 2.45) is 23.7 Å². The van der Waals surface area contributed by atoms with Crippen molar-refractivity contribution in [2.45, 2.75) is 123 Å². The van der Waals surface area contributed by atoms with Crippen LogP contribution in [0.15, 0.2) is 90.7 Å². The minimum Gasteiger partial charge on any atom is -0.480 e. The molecule has 0 radical (unpaired) electrons. The number of anilines is 1. The van der Waals surface area contributed by atoms with Crippen LogP contribution < -0.4 is 37.2 Å². The number of carboxylic acid groups (broad SMARTS) is 2. The van der Waals surface area contributed by atoms with Gasteiger partial charge in [0.1, 0.15) is 35.9 Å². The van der Waals surface area contributed by atoms with Gasteiger partial charge in [-0.05, 0) is 56.7 Å². The highest BCUT2D eigenvalue weighted by Gasteiger charge is 2.38. The zero-order chi connectivity index (χ0) is 57.0. The number of carboxylic acids is 2. The lowest BCUT2D eigenvalue weighted by atomic mass is 9.94. The zero-order valence-corrected chi connectivity index (χ0v) is 44.3. The molecule has 1 fully saturated rings. The number of hydrogen-bond donors (Lipinski definition) is 9. The summed E-state index contributed by atoms with van der Waals surface area (Å²) >= 11 is 0. The van der Waals surface area contributed by atoms with Crippen molar-refractivity contribution in [3.8, 4) is 0 Å². The van der Waals surface area contributed by atoms with E-state index >= 15 is 0 Å². The van der Waals surface area contributed by atoms with Gasteiger partial charge in [0.15, 0.2) is 5.78 Å². The van der Waals surface area contributed by atoms with Gasteiger partial charge in [-0.15, -0.1) is 0 Å². The summed E-state index contributed by atoms with van der Waals surface area (Å²) < 4.78 is 5.82. The molecule has 1 aliphatic heterocycles. The largest absolute Gasteiger partial charge is 0.480 e. The molecule has 0 aromatic heterocycles. The molecule has 0 bridgehead atoms. The van der Waals surface area contributed by atoms with E-state index < -0.39 is 132 Å². The van der Waals surface area contributed by atoms with Crippen LogP contribution in [0.2, 0.25) is 0 Å². The van der Waals surface area contributed by atoms with E-state index in [0.717, 1.165) is 17.4 Å². The van der Waals surface area contributed by atoms with Crippen molar-refractivity contribution >= 4 is 71.2 Å². The average Bonchev–Trinajstić information content (AvgIpc) is 3.37. The molecular formula is C54H72N8O14. The van der Waals surface area contributed by atoms with Crippen LogP contribution in [0.25, 0.3) is 0 Å². The van der Waals surface area contributed by atoms with E-state index in [2.05, 4.69) is 43.8 Å². The summed E-state index contributed by atoms with van der Waals surface area (Å²) in [6, 6.07) is 5.85. The first-order valence-corrected chi connectivity index (χ1v) is 24.8. The van der Waals surface area contributed by atoms with Gasteiger partial charge in [-0.25, -0.2) is 9.59 Å². The lowest BCUT2D eigenvalue weighted by Crippen LogP contribution is -2.59. The molecule has 0 aliphatic carbocycles. The number of para-hydroxylation sites is 1. The number of nitrogens with one attached hydrogen (secondary N) is 7. The Morgan fingerprint density at radius 1 is 0.789 bits per heavy atom. The number of aliphatic carboxylic acids is 2. The third-order valence-electron chi connectivity index (χ3n) is 12.8. The predicted molar refractivity (Wildman–Crippen MR) is 280 cm³/mol. The van der Waals surface area contributed by atoms with Crippen LogP contribution >= 0.6 is 0 Å². The Kier molecular flexibility index (Phi) is 24.4. The zero-order valence-electron chi connectivity index (χ0n) is 44.3. The molecule has 0 spiro atoms. The fraction of sp³-hybridized carbons (Fsp3) is 0.463. The molecule has 22 heteroatoms. The minimum atomic E-state index is -2.00. The number of benzene rings is 2. The summed E-state index contributed by atoms with van der Waals surface area (Å²) in [5.74, 6) is -14.2. The Morgan fingerprint density at radius 2 is 1.39 bits per heavy atom. The lowest BCUT2D eigenvalue weighted by molar-refractivity contribution is -0.146. The number of carbonyl (C=O) groups is 11. The molecule has 3 rings (SSSR count). The van der Waals surface area contributed by atoms with Crippen LogP contribution in [0.1, 0.15) is 90.1 Å². The molecule has 0 unspecified atom stereocenters. The van der Waals surface area contributed by atoms with Crippen molar-refractivity contribution in [1.82, 2.24) is 36.8 Å². The summed E-state index contributed by atoms with van der Waals surface area (Å²) in [5, 5.41) is 37.7. The van der Waals surface area contributed by atoms with E-state index in [4.69, 9.17) is 4.74 Å². The summed E-state index contributed by atoms with van der Waals surface area (Å²) in [5.41, 5.74) is 1.24. The van der Waals surface area contributed by atoms with Gasteiger partial charge >= 0.3 is 11.9 Å². The molecule has 1 heterocycles. The molecule has 1 saturated heterocycles. The fourth-order valence-electron chi connectivity index (χ4n) is 8.10. The van der Waals surface area contributed by atoms with Gasteiger partial charge in [-0.3, -0.25) is 43.2 Å². The maximum absolute atomic E-state index is 14.7. The number of ketones is 1. The Bertz CT molecular complexity index is 2530. The highest BCUT2D eigenvalue weighted by molar-refractivity contribution is 6.06. The van der Waals surface area contributed by atoms with E-state index in [1.165, 1.54) is 51.2 Å². The molecule has 8 amide bonds. The third-order valence-corrected chi connectivity index (χ3v) is 12.8. The van der Waals surface area contributed by atoms with E-state index in [9.17, 15) is 63.0 Å². The molecular weight excluding hydrogens is 985 g/mol. The third kappa shape index (κ3) is 18.7. The SMILES string of the molecule is C=C1C(=O)N[C@H](C)C(=O)N[C@@H](CC(C)C)C(=O)N[C@@H](C(=O)O)[C@H](C)C(=O)N[C@@H](CC(=O)c2ccccc2NC=O)C(=O)N[C@@H](/C=C/C(C)=C/[C@H](C)[C@H](Cc2ccccc2)OC)[C@H](C)C(=O)N[C@@H](C(=O)O)CCC(=O)N1C. The maximum Gasteiger partial charge on any atom is 0.327 e. The average molecular weight is 1060 g/mol. The lowest BCUT2D eigenvalue weighted by Gasteiger charge is -2.28. The van der Waals surface area contributed by atoms with Crippen LogP contribution in [0.3, 0.4) is 0 Å². The van der Waals surface area contributed by atoms with Gasteiger partial charge in [-0.1, -0.05) is 107 Å². The quantitative estimate of drug-likeness (QED) is 0.0505. The van der Waals surface area contributed by atoms with Crippen molar-refractivity contribution < 1.29 is 67.7 Å². The topological polar surface area (TPSA) is 325 Å². The Balaban J connectivity index is 2.21. The second-order valence-corrected chi connectivity index (χ2v) is 19.2. The molecule has 2 aromatic carbocycles. The smallest absolute Gasteiger partial charge is 0.327 e. The second kappa shape index (κ2) is 29.8. The number of Topliss-reactive ketones (excluding diaryl/α,β-unsaturated/α-hetero) is 1. The number of amides is 8. The molecule has 1 aliphatic rings. The van der Waals surface area contributed by atoms with E-state index in [1.54, 1.807) is 34.0 Å². The number of ether oxygens (including phenoxy) is 1. The number of methoxy groups -OCH3 is 1. The van der Waals surface area contributed by atoms with E-state index in [0.29, 0.717) is 18.4 Å². The number of allylic oxidation sites excluding steroid dienone is 2. The molecule has 22 nitrogen and oxygen atoms in total. The van der Waals surface area contributed by atoms with Gasteiger partial charge < -0.3 is 57.1 Å². The summed E-state index contributed by atoms with van der Waals surface area (Å²) in [4.78, 5) is 149. The van der Waals surface area contributed by atoms with Gasteiger partial charge in [-0.2, -0.15) is 0 Å². The molecule has 412 valence electrons. The van der Waals surface area contributed by atoms with Crippen LogP contribution in [0.4, 0.5) is 5.69 Å². The number of carbonyl (C=O) groups excluding carboxylic acids is 9. The van der Waals surface area contributed by atoms with Crippen LogP contribution in [0, 0.1) is 23.7 Å². The fourth-order valence-corrected chi connectivity index (χ4v) is 8.10. The van der Waals surface area contributed by atoms with Crippen molar-refractivity contribution in [3.63, 3.8) is 0 Å². The van der Waals surface area contributed by atoms with E-state index in [-0.39, 0.29) is 35.6 Å². The van der Waals surface area contributed by atoms with E-state index in [1.807, 2.05) is 43.3 Å². The normalized spacial score (nSPS) is 24.3. The molecule has 76 heavy (non-hydrogen) atoms. The van der Waals surface area contributed by atoms with Crippen molar-refractivity contribution in [3.05, 3.63) is 102 Å². The maximum atomic E-state index is 14.7. The molecule has 2 aromatic rings. The standard InChI is InChI=1S/C54H72N8O14/c1-29(2)24-41-52(71)61-46(54(74)75)33(6)48(67)59-42(27-43(64)37-18-14-15-19-39(37)55-28-63)51(70)57-38(21-20-30(3)25-31(4)44(76-10)26-36-16-12-11-13-17-36)32(5)47(66)58-40(53(72)73)22-23-45(65)62(9)35(8)50(69)56-34(7)49(68)60-41/h11-21,25,28-29,31-34,38,40-42,44,46H,8,22-24,26-27H2,1-7,9-10H3,(H,55,63)(H,56,69)(H,57,70)(H,58,66)(H,59,67)(H,60,68)(H,61,71)(H,72,73)(H,74,75)/b21-20+,30-25+/t31-,32-,33-,34+,38-,40+,41-,42-,44-,46+/m0/s1. The summed E-state index contributed by atoms with van der Waals surface area (Å²) in [7, 11) is 2.78. The summed E-state index contributed by atoms with van der Waals surface area (Å²) in [6.07, 6.45) is 3.74. The summed E-state index contributed by atoms with van der Waals surface area (Å²) in [6.45, 7) is 14.6. The van der Waals surface area contributed by atoms with Gasteiger partial charge in [0.05, 0.1) is 29.7 Å². The molecule has 9 N–H and O–H groups in total. The minimum absolute atomic E-state index is 0.0428. The highest BCUT2D eigenvalue weighted by atomic mass is 16.5. The van der Waals surface area contributed by atoms with Crippen molar-refractivity contribution in [2.75, 3.05) is 19.5 Å². The Hall–Kier alpha value is -8.01. The number of likely N-dealkylation sites (N-methyl/N-ethyl adjacent to an activating group) is 1. The first-order valence-electron chi connectivity index (χ1n) is 24.8. The van der Waals surface area contributed by atoms with Crippen LogP contribution in [0.5, 0.6) is 0 Å². The molecule has 10 atom stereocenters. The highest BCUT2D eigenvalue weighted by Crippen LogP contribution is 2.21. The van der Waals surface area contributed by atoms with Gasteiger partial charge in [0.25, 0.3) is 5.91 Å². The molecule has 0 saturated carbocycles. The second-order valence-electron chi connectivity index (χ2n) is 19.2. The Morgan fingerprint density at radius 3 is 2.00 bits per heavy atom. The van der Waals surface area contributed by atoms with Gasteiger partial charge in [0, 0.05) is 38.5 Å². The number of hydrogen-bond acceptors (Lipinski definition) is 12. The first kappa shape index (κ1) is 62.3. The number of rotatable bonds is 16. The van der Waals surface area contributed by atoms with Gasteiger partial charge in [0.2, 0.25) is 41.9 Å².